The summed E-state index contributed by atoms with van der Waals surface area (Å²) in [6, 6.07) is 23.5. The fourth-order valence-corrected chi connectivity index (χ4v) is 6.01. The van der Waals surface area contributed by atoms with E-state index in [4.69, 9.17) is 24.9 Å². The van der Waals surface area contributed by atoms with Gasteiger partial charge in [-0.25, -0.2) is 4.79 Å². The number of nitrogens with two attached hydrogens (primary N) is 1. The van der Waals surface area contributed by atoms with E-state index in [1.165, 1.54) is 14.2 Å². The first kappa shape index (κ1) is 28.1. The summed E-state index contributed by atoms with van der Waals surface area (Å²) in [4.78, 5) is 33.3. The van der Waals surface area contributed by atoms with Crippen LogP contribution in [-0.2, 0) is 14.3 Å². The number of primary amides is 1. The summed E-state index contributed by atoms with van der Waals surface area (Å²) in [7, 11) is 4.56. The Morgan fingerprint density at radius 3 is 2.20 bits per heavy atom. The van der Waals surface area contributed by atoms with Crippen molar-refractivity contribution in [1.29, 1.82) is 0 Å². The van der Waals surface area contributed by atoms with Crippen LogP contribution in [0.4, 0.5) is 5.95 Å². The maximum absolute atomic E-state index is 15.0. The predicted molar refractivity (Wildman–Crippen MR) is 157 cm³/mol. The van der Waals surface area contributed by atoms with E-state index in [9.17, 15) is 4.79 Å². The molecule has 1 aromatic heterocycles. The summed E-state index contributed by atoms with van der Waals surface area (Å²) in [5.74, 6) is 0.504. The molecule has 9 heteroatoms. The Labute approximate surface area is 239 Å². The average molecular weight is 556 g/mol. The van der Waals surface area contributed by atoms with Crippen LogP contribution in [0.5, 0.6) is 11.5 Å². The minimum atomic E-state index is -1.04. The van der Waals surface area contributed by atoms with E-state index in [2.05, 4.69) is 0 Å². The van der Waals surface area contributed by atoms with Crippen molar-refractivity contribution in [1.82, 2.24) is 14.0 Å². The molecular weight excluding hydrogens is 520 g/mol. The van der Waals surface area contributed by atoms with Gasteiger partial charge in [0.15, 0.2) is 23.6 Å². The van der Waals surface area contributed by atoms with Crippen LogP contribution < -0.4 is 19.7 Å². The molecular formula is C32H35N4O5+. The number of carbonyl (C=O) groups is 2. The van der Waals surface area contributed by atoms with Crippen molar-refractivity contribution < 1.29 is 23.8 Å². The zero-order chi connectivity index (χ0) is 29.1. The second-order valence-corrected chi connectivity index (χ2v) is 10.2. The highest BCUT2D eigenvalue weighted by molar-refractivity contribution is 5.99. The van der Waals surface area contributed by atoms with Gasteiger partial charge in [-0.15, -0.1) is 0 Å². The number of likely N-dealkylation sites (tertiary alicyclic amines) is 1. The minimum absolute atomic E-state index is 0.314. The third kappa shape index (κ3) is 4.77. The van der Waals surface area contributed by atoms with Crippen molar-refractivity contribution in [3.63, 3.8) is 0 Å². The van der Waals surface area contributed by atoms with Crippen molar-refractivity contribution in [3.05, 3.63) is 90.6 Å². The van der Waals surface area contributed by atoms with E-state index in [1.807, 2.05) is 78.4 Å². The van der Waals surface area contributed by atoms with E-state index < -0.39 is 18.1 Å². The lowest BCUT2D eigenvalue weighted by Crippen LogP contribution is -2.67. The maximum atomic E-state index is 15.0. The van der Waals surface area contributed by atoms with Crippen LogP contribution in [0.2, 0.25) is 0 Å². The Hall–Kier alpha value is -4.47. The topological polar surface area (TPSA) is 106 Å². The van der Waals surface area contributed by atoms with Crippen LogP contribution in [0.3, 0.4) is 0 Å². The Balaban J connectivity index is 1.77. The van der Waals surface area contributed by atoms with E-state index in [1.54, 1.807) is 25.3 Å². The van der Waals surface area contributed by atoms with Gasteiger partial charge in [0.25, 0.3) is 5.91 Å². The van der Waals surface area contributed by atoms with Crippen molar-refractivity contribution in [2.75, 3.05) is 21.3 Å². The number of amides is 2. The Kier molecular flexibility index (Phi) is 7.92. The summed E-state index contributed by atoms with van der Waals surface area (Å²) in [6.45, 7) is 1.97. The molecule has 1 saturated heterocycles. The van der Waals surface area contributed by atoms with Crippen LogP contribution >= 0.6 is 0 Å². The molecule has 5 rings (SSSR count). The highest BCUT2D eigenvalue weighted by Gasteiger charge is 2.62. The highest BCUT2D eigenvalue weighted by Crippen LogP contribution is 2.44. The Bertz CT molecular complexity index is 1540. The monoisotopic (exact) mass is 555 g/mol. The molecule has 0 aliphatic carbocycles. The molecule has 212 valence electrons. The molecule has 0 saturated carbocycles. The molecule has 2 heterocycles. The third-order valence-corrected chi connectivity index (χ3v) is 8.03. The smallest absolute Gasteiger partial charge is 0.355 e. The van der Waals surface area contributed by atoms with Gasteiger partial charge in [0, 0.05) is 31.7 Å². The molecule has 2 unspecified atom stereocenters. The molecule has 4 aromatic rings. The predicted octanol–water partition coefficient (Wildman–Crippen LogP) is 4.81. The molecule has 0 bridgehead atoms. The van der Waals surface area contributed by atoms with Crippen LogP contribution in [0.25, 0.3) is 16.9 Å². The average Bonchev–Trinajstić information content (AvgIpc) is 3.60. The molecule has 0 spiro atoms. The van der Waals surface area contributed by atoms with E-state index in [-0.39, 0.29) is 16.4 Å². The number of para-hydroxylation sites is 1. The van der Waals surface area contributed by atoms with E-state index >= 15 is 4.79 Å². The number of ether oxygens (including phenoxy) is 3. The summed E-state index contributed by atoms with van der Waals surface area (Å²) < 4.78 is 18.3. The molecule has 2 N–H and O–H groups in total. The van der Waals surface area contributed by atoms with Crippen LogP contribution in [0.15, 0.2) is 85.1 Å². The second kappa shape index (κ2) is 11.6. The van der Waals surface area contributed by atoms with Crippen molar-refractivity contribution >= 4 is 17.8 Å². The van der Waals surface area contributed by atoms with Crippen molar-refractivity contribution in [3.8, 4) is 28.4 Å². The molecule has 41 heavy (non-hydrogen) atoms. The Morgan fingerprint density at radius 2 is 1.59 bits per heavy atom. The van der Waals surface area contributed by atoms with Gasteiger partial charge in [-0.3, -0.25) is 9.36 Å². The zero-order valence-electron chi connectivity index (χ0n) is 23.7. The lowest BCUT2D eigenvalue weighted by atomic mass is 10.0. The SMILES string of the molecule is COc1ccc([C@H](OC)C(=O)[N+]2(c3nc(-c4ccccc4)cn3-c3ccccc3)C(C)CC[C@H]2C(N)=O)cc1OC. The quantitative estimate of drug-likeness (QED) is 0.297. The first-order valence-corrected chi connectivity index (χ1v) is 13.5. The largest absolute Gasteiger partial charge is 0.493 e. The molecule has 3 aromatic carbocycles. The number of rotatable bonds is 9. The van der Waals surface area contributed by atoms with Gasteiger partial charge in [0.05, 0.1) is 25.6 Å². The lowest BCUT2D eigenvalue weighted by molar-refractivity contribution is -0.147. The zero-order valence-corrected chi connectivity index (χ0v) is 23.7. The third-order valence-electron chi connectivity index (χ3n) is 8.03. The summed E-state index contributed by atoms with van der Waals surface area (Å²) >= 11 is 0. The number of quaternary nitrogens is 1. The number of benzene rings is 3. The molecule has 9 nitrogen and oxygen atoms in total. The number of hydrogen-bond donors (Lipinski definition) is 1. The number of carbonyl (C=O) groups excluding carboxylic acids is 2. The maximum Gasteiger partial charge on any atom is 0.355 e. The lowest BCUT2D eigenvalue weighted by Gasteiger charge is -2.39. The second-order valence-electron chi connectivity index (χ2n) is 10.2. The molecule has 1 aliphatic rings. The van der Waals surface area contributed by atoms with Crippen LogP contribution in [0, 0.1) is 0 Å². The Morgan fingerprint density at radius 1 is 0.927 bits per heavy atom. The van der Waals surface area contributed by atoms with Gasteiger partial charge < -0.3 is 19.9 Å². The van der Waals surface area contributed by atoms with E-state index in [0.717, 1.165) is 11.3 Å². The van der Waals surface area contributed by atoms with Gasteiger partial charge in [-0.2, -0.15) is 9.47 Å². The number of nitrogens with zero attached hydrogens (tertiary/aromatic N) is 3. The van der Waals surface area contributed by atoms with Gasteiger partial charge in [0.1, 0.15) is 6.04 Å². The molecule has 2 amide bonds. The summed E-state index contributed by atoms with van der Waals surface area (Å²) in [6.07, 6.45) is 1.91. The minimum Gasteiger partial charge on any atom is -0.493 e. The highest BCUT2D eigenvalue weighted by atomic mass is 16.5. The first-order valence-electron chi connectivity index (χ1n) is 13.5. The van der Waals surface area contributed by atoms with Gasteiger partial charge in [-0.1, -0.05) is 54.6 Å². The number of methoxy groups -OCH3 is 3. The molecule has 0 radical (unpaired) electrons. The molecule has 4 atom stereocenters. The van der Waals surface area contributed by atoms with Gasteiger partial charge in [-0.05, 0) is 36.8 Å². The fraction of sp³-hybridized carbons (Fsp3) is 0.281. The fourth-order valence-electron chi connectivity index (χ4n) is 6.01. The summed E-state index contributed by atoms with van der Waals surface area (Å²) in [5.41, 5.74) is 9.00. The number of aromatic nitrogens is 2. The van der Waals surface area contributed by atoms with Crippen molar-refractivity contribution in [2.45, 2.75) is 38.0 Å². The number of imidazole rings is 1. The standard InChI is InChI=1S/C32H34N4O5/c1-21-15-17-26(30(33)37)36(21,31(38)29(41-4)23-16-18-27(39-2)28(19-23)40-3)32-34-25(22-11-7-5-8-12-22)20-35(32)24-13-9-6-10-14-24/h5-14,16,18-21,26,29H,15,17H2,1-4H3,(H-,33,37)/p+1/t21?,26-,29-,36?/m0/s1. The first-order chi connectivity index (χ1) is 19.9. The number of hydrogen-bond acceptors (Lipinski definition) is 6. The van der Waals surface area contributed by atoms with Gasteiger partial charge in [0.2, 0.25) is 0 Å². The van der Waals surface area contributed by atoms with Crippen molar-refractivity contribution in [2.24, 2.45) is 5.73 Å². The van der Waals surface area contributed by atoms with Crippen LogP contribution in [0.1, 0.15) is 31.4 Å². The molecule has 1 fully saturated rings. The summed E-state index contributed by atoms with van der Waals surface area (Å²) in [5, 5.41) is 0. The van der Waals surface area contributed by atoms with E-state index in [0.29, 0.717) is 41.5 Å². The molecule has 1 aliphatic heterocycles. The van der Waals surface area contributed by atoms with Crippen LogP contribution in [-0.4, -0.2) is 54.8 Å². The van der Waals surface area contributed by atoms with Gasteiger partial charge >= 0.3 is 11.9 Å². The normalized spacial score (nSPS) is 20.9.